The molecule has 7 nitrogen and oxygen atoms in total. The third-order valence-corrected chi connectivity index (χ3v) is 12.6. The lowest BCUT2D eigenvalue weighted by Crippen LogP contribution is -2.66. The van der Waals surface area contributed by atoms with E-state index in [1.54, 1.807) is 6.33 Å². The van der Waals surface area contributed by atoms with Crippen molar-refractivity contribution in [1.82, 2.24) is 20.2 Å². The molecule has 0 aliphatic heterocycles. The fourth-order valence-electron chi connectivity index (χ4n) is 10.4. The van der Waals surface area contributed by atoms with E-state index >= 15 is 0 Å². The van der Waals surface area contributed by atoms with Crippen molar-refractivity contribution in [2.24, 2.45) is 44.8 Å². The summed E-state index contributed by atoms with van der Waals surface area (Å²) in [5, 5.41) is 22.3. The third-order valence-electron chi connectivity index (χ3n) is 12.6. The molecule has 6 rings (SSSR count). The summed E-state index contributed by atoms with van der Waals surface area (Å²) in [5.74, 6) is 0.237. The van der Waals surface area contributed by atoms with Crippen LogP contribution in [0.1, 0.15) is 93.4 Å². The Bertz CT molecular complexity index is 1330. The van der Waals surface area contributed by atoms with Crippen molar-refractivity contribution in [3.8, 4) is 6.07 Å². The normalized spacial score (nSPS) is 44.9. The maximum Gasteiger partial charge on any atom is 0.178 e. The molecule has 0 saturated heterocycles. The van der Waals surface area contributed by atoms with Crippen LogP contribution in [0.2, 0.25) is 0 Å². The minimum Gasteiger partial charge on any atom is -0.295 e. The number of allylic oxidation sites excluding steroid dienone is 4. The van der Waals surface area contributed by atoms with Crippen molar-refractivity contribution in [3.63, 3.8) is 0 Å². The SMILES string of the molecule is CC1(C)CC[C@]2(n3cnnn3)CC[C@]3(C)[C@H](C(=O)C=C4[C@@]5(C)C=C(C#N)C(=O)C(C)(C)C5CC[C@]43C)C2C1. The second-order valence-electron chi connectivity index (χ2n) is 15.1. The van der Waals surface area contributed by atoms with Crippen LogP contribution in [0.3, 0.4) is 0 Å². The Morgan fingerprint density at radius 1 is 1.00 bits per heavy atom. The summed E-state index contributed by atoms with van der Waals surface area (Å²) < 4.78 is 1.98. The van der Waals surface area contributed by atoms with E-state index in [0.717, 1.165) is 50.5 Å². The van der Waals surface area contributed by atoms with Crippen molar-refractivity contribution in [2.45, 2.75) is 99.0 Å². The molecule has 5 aliphatic carbocycles. The summed E-state index contributed by atoms with van der Waals surface area (Å²) in [6, 6.07) is 2.20. The topological polar surface area (TPSA) is 102 Å². The molecule has 3 fully saturated rings. The first kappa shape index (κ1) is 25.6. The summed E-state index contributed by atoms with van der Waals surface area (Å²) in [4.78, 5) is 27.8. The Labute approximate surface area is 226 Å². The first-order chi connectivity index (χ1) is 17.7. The summed E-state index contributed by atoms with van der Waals surface area (Å²) >= 11 is 0. The van der Waals surface area contributed by atoms with Gasteiger partial charge in [0.2, 0.25) is 0 Å². The molecule has 0 N–H and O–H groups in total. The minimum atomic E-state index is -0.646. The largest absolute Gasteiger partial charge is 0.295 e. The number of ketones is 2. The molecule has 38 heavy (non-hydrogen) atoms. The molecule has 1 aromatic heterocycles. The van der Waals surface area contributed by atoms with Crippen LogP contribution < -0.4 is 0 Å². The van der Waals surface area contributed by atoms with Crippen LogP contribution >= 0.6 is 0 Å². The average molecular weight is 516 g/mol. The summed E-state index contributed by atoms with van der Waals surface area (Å²) in [6.45, 7) is 15.6. The lowest BCUT2D eigenvalue weighted by molar-refractivity contribution is -0.169. The molecule has 1 heterocycles. The van der Waals surface area contributed by atoms with Gasteiger partial charge in [0, 0.05) is 16.7 Å². The van der Waals surface area contributed by atoms with Gasteiger partial charge in [-0.05, 0) is 89.5 Å². The van der Waals surface area contributed by atoms with Crippen molar-refractivity contribution < 1.29 is 9.59 Å². The summed E-state index contributed by atoms with van der Waals surface area (Å²) in [7, 11) is 0. The zero-order chi connectivity index (χ0) is 27.5. The van der Waals surface area contributed by atoms with Gasteiger partial charge >= 0.3 is 0 Å². The van der Waals surface area contributed by atoms with E-state index < -0.39 is 10.8 Å². The second-order valence-corrected chi connectivity index (χ2v) is 15.1. The maximum atomic E-state index is 14.5. The highest BCUT2D eigenvalue weighted by Crippen LogP contribution is 2.74. The van der Waals surface area contributed by atoms with Gasteiger partial charge in [-0.25, -0.2) is 4.68 Å². The van der Waals surface area contributed by atoms with E-state index in [-0.39, 0.29) is 56.7 Å². The Morgan fingerprint density at radius 3 is 2.37 bits per heavy atom. The molecule has 0 radical (unpaired) electrons. The molecule has 0 amide bonds. The predicted octanol–water partition coefficient (Wildman–Crippen LogP) is 5.60. The van der Waals surface area contributed by atoms with Crippen LogP contribution in [0.15, 0.2) is 29.6 Å². The van der Waals surface area contributed by atoms with Gasteiger partial charge in [-0.3, -0.25) is 9.59 Å². The van der Waals surface area contributed by atoms with Crippen LogP contribution in [0.4, 0.5) is 0 Å². The zero-order valence-electron chi connectivity index (χ0n) is 24.0. The van der Waals surface area contributed by atoms with Crippen molar-refractivity contribution in [2.75, 3.05) is 0 Å². The lowest BCUT2D eigenvalue weighted by atomic mass is 9.35. The molecule has 5 aliphatic rings. The quantitative estimate of drug-likeness (QED) is 0.482. The standard InChI is InChI=1S/C31H41N5O2/c1-26(2)10-12-31(36-18-33-34-35-36)13-11-30(7)24(20(31)16-26)21(37)14-23-28(5)15-19(17-32)25(38)27(3,4)22(28)8-9-29(23,30)6/h14-15,18,20,22,24H,8-13,16H2,1-7H3/t20?,22?,24-,28-,29+,30+,31-/m0/s1. The number of hydrogen-bond acceptors (Lipinski definition) is 6. The zero-order valence-corrected chi connectivity index (χ0v) is 24.0. The average Bonchev–Trinajstić information content (AvgIpc) is 3.38. The summed E-state index contributed by atoms with van der Waals surface area (Å²) in [5.41, 5.74) is -0.301. The van der Waals surface area contributed by atoms with Gasteiger partial charge < -0.3 is 0 Å². The monoisotopic (exact) mass is 515 g/mol. The van der Waals surface area contributed by atoms with Gasteiger partial charge in [0.25, 0.3) is 0 Å². The number of aromatic nitrogens is 4. The first-order valence-electron chi connectivity index (χ1n) is 14.3. The van der Waals surface area contributed by atoms with E-state index in [2.05, 4.69) is 56.2 Å². The molecule has 0 aromatic carbocycles. The number of hydrogen-bond donors (Lipinski definition) is 0. The van der Waals surface area contributed by atoms with E-state index in [1.165, 1.54) is 0 Å². The maximum absolute atomic E-state index is 14.5. The highest BCUT2D eigenvalue weighted by Gasteiger charge is 2.70. The number of fused-ring (bicyclic) bond motifs is 7. The van der Waals surface area contributed by atoms with Crippen LogP contribution in [0.25, 0.3) is 0 Å². The van der Waals surface area contributed by atoms with Gasteiger partial charge in [0.05, 0.1) is 11.1 Å². The molecule has 7 heteroatoms. The molecule has 3 saturated carbocycles. The molecule has 7 atom stereocenters. The lowest BCUT2D eigenvalue weighted by Gasteiger charge is -2.69. The number of Topliss-reactive ketones (excluding diaryl/α,β-unsaturated/α-hetero) is 1. The molecular weight excluding hydrogens is 474 g/mol. The molecular formula is C31H41N5O2. The van der Waals surface area contributed by atoms with Crippen molar-refractivity contribution >= 4 is 11.6 Å². The van der Waals surface area contributed by atoms with E-state index in [4.69, 9.17) is 0 Å². The number of nitrogens with zero attached hydrogens (tertiary/aromatic N) is 5. The fraction of sp³-hybridized carbons (Fsp3) is 0.742. The molecule has 0 spiro atoms. The Hall–Kier alpha value is -2.62. The van der Waals surface area contributed by atoms with Gasteiger partial charge in [-0.15, -0.1) is 5.10 Å². The Kier molecular flexibility index (Phi) is 5.07. The van der Waals surface area contributed by atoms with Crippen LogP contribution in [-0.2, 0) is 15.1 Å². The van der Waals surface area contributed by atoms with Gasteiger partial charge in [-0.2, -0.15) is 5.26 Å². The van der Waals surface area contributed by atoms with Crippen LogP contribution in [0, 0.1) is 56.2 Å². The minimum absolute atomic E-state index is 0.0596. The van der Waals surface area contributed by atoms with Crippen LogP contribution in [0.5, 0.6) is 0 Å². The fourth-order valence-corrected chi connectivity index (χ4v) is 10.4. The number of nitriles is 1. The van der Waals surface area contributed by atoms with Crippen molar-refractivity contribution in [3.05, 3.63) is 29.6 Å². The number of rotatable bonds is 1. The van der Waals surface area contributed by atoms with Gasteiger partial charge in [0.15, 0.2) is 11.6 Å². The Balaban J connectivity index is 1.54. The highest BCUT2D eigenvalue weighted by molar-refractivity contribution is 6.04. The molecule has 202 valence electrons. The third kappa shape index (κ3) is 2.93. The molecule has 2 unspecified atom stereocenters. The van der Waals surface area contributed by atoms with Gasteiger partial charge in [-0.1, -0.05) is 60.1 Å². The first-order valence-corrected chi connectivity index (χ1v) is 14.3. The number of carbonyl (C=O) groups excluding carboxylic acids is 2. The predicted molar refractivity (Wildman–Crippen MR) is 142 cm³/mol. The smallest absolute Gasteiger partial charge is 0.178 e. The summed E-state index contributed by atoms with van der Waals surface area (Å²) in [6.07, 6.45) is 12.4. The Morgan fingerprint density at radius 2 is 1.71 bits per heavy atom. The van der Waals surface area contributed by atoms with E-state index in [0.29, 0.717) is 0 Å². The second kappa shape index (κ2) is 7.52. The highest BCUT2D eigenvalue weighted by atomic mass is 16.1. The van der Waals surface area contributed by atoms with E-state index in [1.807, 2.05) is 30.7 Å². The molecule has 0 bridgehead atoms. The molecule has 1 aromatic rings. The van der Waals surface area contributed by atoms with Crippen molar-refractivity contribution in [1.29, 1.82) is 5.26 Å². The number of tetrazole rings is 1. The van der Waals surface area contributed by atoms with E-state index in [9.17, 15) is 14.9 Å². The number of carbonyl (C=O) groups is 2. The van der Waals surface area contributed by atoms with Gasteiger partial charge in [0.1, 0.15) is 12.4 Å². The van der Waals surface area contributed by atoms with Crippen LogP contribution in [-0.4, -0.2) is 31.8 Å².